The van der Waals surface area contributed by atoms with E-state index in [0.29, 0.717) is 11.1 Å². The van der Waals surface area contributed by atoms with Crippen molar-refractivity contribution < 1.29 is 4.79 Å². The fourth-order valence-corrected chi connectivity index (χ4v) is 0.953. The zero-order chi connectivity index (χ0) is 9.68. The Labute approximate surface area is 76.7 Å². The minimum absolute atomic E-state index is 0.271. The third kappa shape index (κ3) is 2.32. The molecule has 0 heterocycles. The summed E-state index contributed by atoms with van der Waals surface area (Å²) in [7, 11) is 0. The molecule has 0 saturated carbocycles. The number of carbonyl (C=O) groups is 1. The van der Waals surface area contributed by atoms with Gasteiger partial charge in [0, 0.05) is 5.56 Å². The molecule has 1 aromatic carbocycles. The highest BCUT2D eigenvalue weighted by Crippen LogP contribution is 2.05. The summed E-state index contributed by atoms with van der Waals surface area (Å²) in [4.78, 5) is 10.9. The first-order valence-corrected chi connectivity index (χ1v) is 3.83. The molecule has 1 rings (SSSR count). The quantitative estimate of drug-likeness (QED) is 0.593. The molecule has 0 saturated heterocycles. The highest BCUT2D eigenvalue weighted by atomic mass is 16.1. The van der Waals surface area contributed by atoms with Crippen molar-refractivity contribution in [3.05, 3.63) is 35.4 Å². The summed E-state index contributed by atoms with van der Waals surface area (Å²) in [6.45, 7) is 0.271. The Morgan fingerprint density at radius 3 is 2.69 bits per heavy atom. The Morgan fingerprint density at radius 1 is 1.38 bits per heavy atom. The molecule has 1 amide bonds. The Kier molecular flexibility index (Phi) is 3.07. The first-order chi connectivity index (χ1) is 6.25. The van der Waals surface area contributed by atoms with Gasteiger partial charge in [0.05, 0.1) is 12.1 Å². The van der Waals surface area contributed by atoms with Crippen LogP contribution in [0.25, 0.3) is 0 Å². The standard InChI is InChI=1S/C10H10N2O/c11-7-3-5-8-4-1-2-6-9(8)10(12)13/h1-2,4,6H,7,11H2,(H2,12,13). The minimum atomic E-state index is -0.470. The minimum Gasteiger partial charge on any atom is -0.366 e. The SMILES string of the molecule is NCC#Cc1ccccc1C(N)=O. The molecule has 0 aliphatic carbocycles. The van der Waals surface area contributed by atoms with E-state index in [2.05, 4.69) is 11.8 Å². The summed E-state index contributed by atoms with van der Waals surface area (Å²) in [5.74, 6) is 4.98. The van der Waals surface area contributed by atoms with Crippen LogP contribution in [0.4, 0.5) is 0 Å². The largest absolute Gasteiger partial charge is 0.366 e. The van der Waals surface area contributed by atoms with Crippen LogP contribution in [0.3, 0.4) is 0 Å². The van der Waals surface area contributed by atoms with Gasteiger partial charge in [-0.2, -0.15) is 0 Å². The second-order valence-corrected chi connectivity index (χ2v) is 2.42. The zero-order valence-electron chi connectivity index (χ0n) is 7.08. The van der Waals surface area contributed by atoms with Gasteiger partial charge in [-0.15, -0.1) is 0 Å². The summed E-state index contributed by atoms with van der Waals surface area (Å²) in [5, 5.41) is 0. The number of hydrogen-bond acceptors (Lipinski definition) is 2. The normalized spacial score (nSPS) is 8.69. The van der Waals surface area contributed by atoms with Crippen molar-refractivity contribution in [2.75, 3.05) is 6.54 Å². The van der Waals surface area contributed by atoms with E-state index < -0.39 is 5.91 Å². The number of rotatable bonds is 1. The van der Waals surface area contributed by atoms with Gasteiger partial charge in [0.1, 0.15) is 0 Å². The molecular formula is C10H10N2O. The number of nitrogens with two attached hydrogens (primary N) is 2. The van der Waals surface area contributed by atoms with Gasteiger partial charge in [0.2, 0.25) is 5.91 Å². The number of hydrogen-bond donors (Lipinski definition) is 2. The van der Waals surface area contributed by atoms with Crippen LogP contribution < -0.4 is 11.5 Å². The molecule has 0 aliphatic heterocycles. The molecule has 0 fully saturated rings. The topological polar surface area (TPSA) is 69.1 Å². The smallest absolute Gasteiger partial charge is 0.249 e. The molecule has 0 aromatic heterocycles. The maximum Gasteiger partial charge on any atom is 0.249 e. The molecule has 0 spiro atoms. The zero-order valence-corrected chi connectivity index (χ0v) is 7.08. The second-order valence-electron chi connectivity index (χ2n) is 2.42. The van der Waals surface area contributed by atoms with Crippen LogP contribution in [0, 0.1) is 11.8 Å². The Hall–Kier alpha value is -1.79. The summed E-state index contributed by atoms with van der Waals surface area (Å²) in [6.07, 6.45) is 0. The Bertz CT molecular complexity index is 374. The van der Waals surface area contributed by atoms with Gasteiger partial charge < -0.3 is 11.5 Å². The van der Waals surface area contributed by atoms with Crippen molar-refractivity contribution in [1.29, 1.82) is 0 Å². The molecule has 0 atom stereocenters. The third-order valence-corrected chi connectivity index (χ3v) is 1.52. The third-order valence-electron chi connectivity index (χ3n) is 1.52. The van der Waals surface area contributed by atoms with Crippen molar-refractivity contribution in [3.8, 4) is 11.8 Å². The summed E-state index contributed by atoms with van der Waals surface area (Å²) in [5.41, 5.74) is 11.4. The maximum absolute atomic E-state index is 10.9. The van der Waals surface area contributed by atoms with Crippen LogP contribution in [-0.4, -0.2) is 12.5 Å². The lowest BCUT2D eigenvalue weighted by Gasteiger charge is -1.97. The van der Waals surface area contributed by atoms with Gasteiger partial charge in [0.15, 0.2) is 0 Å². The van der Waals surface area contributed by atoms with Crippen LogP contribution in [0.5, 0.6) is 0 Å². The van der Waals surface area contributed by atoms with Crippen LogP contribution in [0.1, 0.15) is 15.9 Å². The van der Waals surface area contributed by atoms with Crippen LogP contribution >= 0.6 is 0 Å². The molecule has 13 heavy (non-hydrogen) atoms. The van der Waals surface area contributed by atoms with Crippen LogP contribution in [0.2, 0.25) is 0 Å². The van der Waals surface area contributed by atoms with Gasteiger partial charge in [-0.1, -0.05) is 24.0 Å². The number of benzene rings is 1. The van der Waals surface area contributed by atoms with E-state index in [1.807, 2.05) is 0 Å². The molecule has 4 N–H and O–H groups in total. The van der Waals surface area contributed by atoms with Crippen LogP contribution in [-0.2, 0) is 0 Å². The average molecular weight is 174 g/mol. The molecule has 0 bridgehead atoms. The van der Waals surface area contributed by atoms with Crippen molar-refractivity contribution in [1.82, 2.24) is 0 Å². The second kappa shape index (κ2) is 4.29. The van der Waals surface area contributed by atoms with E-state index in [1.54, 1.807) is 24.3 Å². The molecule has 66 valence electrons. The lowest BCUT2D eigenvalue weighted by Crippen LogP contribution is -2.12. The van der Waals surface area contributed by atoms with Gasteiger partial charge in [-0.25, -0.2) is 0 Å². The number of amides is 1. The maximum atomic E-state index is 10.9. The van der Waals surface area contributed by atoms with Gasteiger partial charge >= 0.3 is 0 Å². The Morgan fingerprint density at radius 2 is 2.08 bits per heavy atom. The van der Waals surface area contributed by atoms with E-state index >= 15 is 0 Å². The lowest BCUT2D eigenvalue weighted by atomic mass is 10.1. The van der Waals surface area contributed by atoms with E-state index in [9.17, 15) is 4.79 Å². The van der Waals surface area contributed by atoms with Gasteiger partial charge in [0.25, 0.3) is 0 Å². The van der Waals surface area contributed by atoms with Gasteiger partial charge in [-0.05, 0) is 12.1 Å². The lowest BCUT2D eigenvalue weighted by molar-refractivity contribution is 0.1000. The molecule has 1 aromatic rings. The predicted octanol–water partition coefficient (Wildman–Crippen LogP) is 0.0957. The van der Waals surface area contributed by atoms with Crippen molar-refractivity contribution in [2.24, 2.45) is 11.5 Å². The molecule has 0 aliphatic rings. The first kappa shape index (κ1) is 9.30. The summed E-state index contributed by atoms with van der Waals surface area (Å²) >= 11 is 0. The summed E-state index contributed by atoms with van der Waals surface area (Å²) in [6, 6.07) is 6.92. The first-order valence-electron chi connectivity index (χ1n) is 3.83. The Balaban J connectivity index is 3.12. The van der Waals surface area contributed by atoms with E-state index in [0.717, 1.165) is 0 Å². The number of carbonyl (C=O) groups excluding carboxylic acids is 1. The number of primary amides is 1. The van der Waals surface area contributed by atoms with E-state index in [-0.39, 0.29) is 6.54 Å². The molecule has 0 radical (unpaired) electrons. The van der Waals surface area contributed by atoms with Crippen LogP contribution in [0.15, 0.2) is 24.3 Å². The molecular weight excluding hydrogens is 164 g/mol. The highest BCUT2D eigenvalue weighted by molar-refractivity contribution is 5.95. The summed E-state index contributed by atoms with van der Waals surface area (Å²) < 4.78 is 0. The fraction of sp³-hybridized carbons (Fsp3) is 0.100. The van der Waals surface area contributed by atoms with Gasteiger partial charge in [-0.3, -0.25) is 4.79 Å². The van der Waals surface area contributed by atoms with Crippen molar-refractivity contribution in [3.63, 3.8) is 0 Å². The average Bonchev–Trinajstić information content (AvgIpc) is 2.15. The molecule has 3 heteroatoms. The predicted molar refractivity (Wildman–Crippen MR) is 50.9 cm³/mol. The molecule has 0 unspecified atom stereocenters. The van der Waals surface area contributed by atoms with E-state index in [1.165, 1.54) is 0 Å². The molecule has 3 nitrogen and oxygen atoms in total. The van der Waals surface area contributed by atoms with E-state index in [4.69, 9.17) is 11.5 Å². The van der Waals surface area contributed by atoms with Crippen molar-refractivity contribution in [2.45, 2.75) is 0 Å². The van der Waals surface area contributed by atoms with Crippen molar-refractivity contribution >= 4 is 5.91 Å². The highest BCUT2D eigenvalue weighted by Gasteiger charge is 2.03. The fourth-order valence-electron chi connectivity index (χ4n) is 0.953. The monoisotopic (exact) mass is 174 g/mol.